The standard InChI is InChI=1S/C18H16F3N5OS/c1-25-8-6-13-14(10-25)28-17(22-13)23-16(27)11-2-4-12(5-3-11)26-9-7-15(24-26)18(19,20)21/h2-5,7,9H,6,8,10H2,1H3,(H,22,23,27). The van der Waals surface area contributed by atoms with E-state index in [0.29, 0.717) is 16.4 Å². The largest absolute Gasteiger partial charge is 0.435 e. The van der Waals surface area contributed by atoms with Gasteiger partial charge in [0, 0.05) is 36.1 Å². The highest BCUT2D eigenvalue weighted by Crippen LogP contribution is 2.29. The smallest absolute Gasteiger partial charge is 0.301 e. The van der Waals surface area contributed by atoms with Gasteiger partial charge in [0.25, 0.3) is 5.91 Å². The van der Waals surface area contributed by atoms with Gasteiger partial charge in [-0.15, -0.1) is 11.3 Å². The third kappa shape index (κ3) is 3.78. The summed E-state index contributed by atoms with van der Waals surface area (Å²) in [6, 6.07) is 7.08. The average molecular weight is 407 g/mol. The van der Waals surface area contributed by atoms with Crippen LogP contribution in [0.2, 0.25) is 0 Å². The number of benzene rings is 1. The van der Waals surface area contributed by atoms with Crippen molar-refractivity contribution in [3.63, 3.8) is 0 Å². The van der Waals surface area contributed by atoms with Crippen LogP contribution in [0.3, 0.4) is 0 Å². The number of anilines is 1. The molecule has 146 valence electrons. The normalized spacial score (nSPS) is 14.7. The Hall–Kier alpha value is -2.72. The minimum Gasteiger partial charge on any atom is -0.301 e. The Bertz CT molecular complexity index is 1010. The van der Waals surface area contributed by atoms with Crippen LogP contribution >= 0.6 is 11.3 Å². The quantitative estimate of drug-likeness (QED) is 0.721. The first kappa shape index (κ1) is 18.6. The lowest BCUT2D eigenvalue weighted by atomic mass is 10.2. The first-order valence-electron chi connectivity index (χ1n) is 8.51. The topological polar surface area (TPSA) is 63.1 Å². The lowest BCUT2D eigenvalue weighted by Crippen LogP contribution is -2.25. The molecule has 0 radical (unpaired) electrons. The van der Waals surface area contributed by atoms with Gasteiger partial charge in [-0.25, -0.2) is 9.67 Å². The summed E-state index contributed by atoms with van der Waals surface area (Å²) in [5, 5.41) is 6.86. The van der Waals surface area contributed by atoms with E-state index in [0.717, 1.165) is 40.8 Å². The number of nitrogens with one attached hydrogen (secondary N) is 1. The van der Waals surface area contributed by atoms with Gasteiger partial charge in [-0.3, -0.25) is 10.1 Å². The summed E-state index contributed by atoms with van der Waals surface area (Å²) >= 11 is 1.46. The number of nitrogens with zero attached hydrogens (tertiary/aromatic N) is 4. The second-order valence-corrected chi connectivity index (χ2v) is 7.60. The molecule has 6 nitrogen and oxygen atoms in total. The van der Waals surface area contributed by atoms with E-state index in [4.69, 9.17) is 0 Å². The van der Waals surface area contributed by atoms with E-state index in [-0.39, 0.29) is 5.91 Å². The molecule has 28 heavy (non-hydrogen) atoms. The van der Waals surface area contributed by atoms with E-state index in [1.54, 1.807) is 24.3 Å². The predicted octanol–water partition coefficient (Wildman–Crippen LogP) is 3.59. The van der Waals surface area contributed by atoms with Crippen LogP contribution < -0.4 is 5.32 Å². The summed E-state index contributed by atoms with van der Waals surface area (Å²) in [6.07, 6.45) is -2.40. The Balaban J connectivity index is 1.46. The molecule has 0 fully saturated rings. The molecule has 1 N–H and O–H groups in total. The van der Waals surface area contributed by atoms with Crippen molar-refractivity contribution < 1.29 is 18.0 Å². The van der Waals surface area contributed by atoms with Crippen LogP contribution in [-0.4, -0.2) is 39.2 Å². The molecule has 0 atom stereocenters. The van der Waals surface area contributed by atoms with Crippen LogP contribution in [0.1, 0.15) is 26.6 Å². The number of halogens is 3. The Morgan fingerprint density at radius 3 is 2.64 bits per heavy atom. The van der Waals surface area contributed by atoms with Crippen LogP contribution in [-0.2, 0) is 19.1 Å². The first-order chi connectivity index (χ1) is 13.3. The zero-order valence-corrected chi connectivity index (χ0v) is 15.6. The van der Waals surface area contributed by atoms with Gasteiger partial charge >= 0.3 is 6.18 Å². The van der Waals surface area contributed by atoms with Crippen LogP contribution in [0.25, 0.3) is 5.69 Å². The molecule has 3 heterocycles. The fraction of sp³-hybridized carbons (Fsp3) is 0.278. The van der Waals surface area contributed by atoms with E-state index in [1.807, 2.05) is 7.05 Å². The Kier molecular flexibility index (Phi) is 4.68. The zero-order chi connectivity index (χ0) is 19.9. The Morgan fingerprint density at radius 2 is 1.96 bits per heavy atom. The molecule has 1 amide bonds. The van der Waals surface area contributed by atoms with Crippen molar-refractivity contribution in [3.8, 4) is 5.69 Å². The monoisotopic (exact) mass is 407 g/mol. The summed E-state index contributed by atoms with van der Waals surface area (Å²) in [5.41, 5.74) is 0.873. The Labute approximate surface area is 162 Å². The maximum absolute atomic E-state index is 12.7. The van der Waals surface area contributed by atoms with Crippen molar-refractivity contribution in [1.29, 1.82) is 0 Å². The number of carbonyl (C=O) groups excluding carboxylic acids is 1. The third-order valence-corrected chi connectivity index (χ3v) is 5.41. The van der Waals surface area contributed by atoms with E-state index >= 15 is 0 Å². The number of thiazole rings is 1. The average Bonchev–Trinajstić information content (AvgIpc) is 3.28. The fourth-order valence-electron chi connectivity index (χ4n) is 2.93. The van der Waals surface area contributed by atoms with Gasteiger partial charge in [-0.2, -0.15) is 18.3 Å². The maximum Gasteiger partial charge on any atom is 0.435 e. The second kappa shape index (κ2) is 7.02. The molecule has 0 unspecified atom stereocenters. The lowest BCUT2D eigenvalue weighted by molar-refractivity contribution is -0.141. The number of carbonyl (C=O) groups is 1. The van der Waals surface area contributed by atoms with E-state index in [9.17, 15) is 18.0 Å². The van der Waals surface area contributed by atoms with Crippen molar-refractivity contribution >= 4 is 22.4 Å². The van der Waals surface area contributed by atoms with Gasteiger partial charge in [0.15, 0.2) is 10.8 Å². The molecule has 0 saturated carbocycles. The summed E-state index contributed by atoms with van der Waals surface area (Å²) < 4.78 is 39.1. The number of amides is 1. The molecule has 0 bridgehead atoms. The second-order valence-electron chi connectivity index (χ2n) is 6.52. The van der Waals surface area contributed by atoms with Crippen molar-refractivity contribution in [2.24, 2.45) is 0 Å². The molecule has 0 spiro atoms. The first-order valence-corrected chi connectivity index (χ1v) is 9.33. The highest BCUT2D eigenvalue weighted by molar-refractivity contribution is 7.15. The summed E-state index contributed by atoms with van der Waals surface area (Å²) in [7, 11) is 2.04. The molecule has 0 aliphatic carbocycles. The summed E-state index contributed by atoms with van der Waals surface area (Å²) in [6.45, 7) is 1.76. The molecular weight excluding hydrogens is 391 g/mol. The molecule has 0 saturated heterocycles. The molecule has 10 heteroatoms. The number of hydrogen-bond acceptors (Lipinski definition) is 5. The zero-order valence-electron chi connectivity index (χ0n) is 14.8. The predicted molar refractivity (Wildman–Crippen MR) is 98.7 cm³/mol. The van der Waals surface area contributed by atoms with Gasteiger partial charge in [-0.05, 0) is 37.4 Å². The summed E-state index contributed by atoms with van der Waals surface area (Å²) in [4.78, 5) is 20.3. The van der Waals surface area contributed by atoms with Crippen molar-refractivity contribution in [1.82, 2.24) is 19.7 Å². The van der Waals surface area contributed by atoms with Crippen molar-refractivity contribution in [2.75, 3.05) is 18.9 Å². The molecule has 3 aromatic rings. The van der Waals surface area contributed by atoms with E-state index in [1.165, 1.54) is 17.5 Å². The van der Waals surface area contributed by atoms with Crippen LogP contribution in [0, 0.1) is 0 Å². The number of alkyl halides is 3. The number of fused-ring (bicyclic) bond motifs is 1. The SMILES string of the molecule is CN1CCc2nc(NC(=O)c3ccc(-n4ccc(C(F)(F)F)n4)cc3)sc2C1. The van der Waals surface area contributed by atoms with Gasteiger partial charge in [0.05, 0.1) is 11.4 Å². The number of hydrogen-bond donors (Lipinski definition) is 1. The molecule has 2 aromatic heterocycles. The van der Waals surface area contributed by atoms with Crippen LogP contribution in [0.4, 0.5) is 18.3 Å². The third-order valence-electron chi connectivity index (χ3n) is 4.42. The van der Waals surface area contributed by atoms with E-state index in [2.05, 4.69) is 20.3 Å². The van der Waals surface area contributed by atoms with Gasteiger partial charge < -0.3 is 4.90 Å². The molecular formula is C18H16F3N5OS. The van der Waals surface area contributed by atoms with Crippen molar-refractivity contribution in [3.05, 3.63) is 58.4 Å². The minimum absolute atomic E-state index is 0.317. The maximum atomic E-state index is 12.7. The van der Waals surface area contributed by atoms with Gasteiger partial charge in [0.1, 0.15) is 0 Å². The highest BCUT2D eigenvalue weighted by atomic mass is 32.1. The Morgan fingerprint density at radius 1 is 1.21 bits per heavy atom. The van der Waals surface area contributed by atoms with Crippen LogP contribution in [0.15, 0.2) is 36.5 Å². The van der Waals surface area contributed by atoms with Gasteiger partial charge in [-0.1, -0.05) is 0 Å². The minimum atomic E-state index is -4.49. The van der Waals surface area contributed by atoms with Crippen LogP contribution in [0.5, 0.6) is 0 Å². The molecule has 1 aromatic carbocycles. The molecule has 1 aliphatic rings. The number of aromatic nitrogens is 3. The van der Waals surface area contributed by atoms with Crippen molar-refractivity contribution in [2.45, 2.75) is 19.1 Å². The van der Waals surface area contributed by atoms with E-state index < -0.39 is 11.9 Å². The molecule has 4 rings (SSSR count). The molecule has 1 aliphatic heterocycles. The van der Waals surface area contributed by atoms with Gasteiger partial charge in [0.2, 0.25) is 0 Å². The number of likely N-dealkylation sites (N-methyl/N-ethyl adjacent to an activating group) is 1. The number of rotatable bonds is 3. The lowest BCUT2D eigenvalue weighted by Gasteiger charge is -2.20. The highest BCUT2D eigenvalue weighted by Gasteiger charge is 2.33. The summed E-state index contributed by atoms with van der Waals surface area (Å²) in [5.74, 6) is -0.317. The fourth-order valence-corrected chi connectivity index (χ4v) is 4.01.